The van der Waals surface area contributed by atoms with Gasteiger partial charge in [-0.2, -0.15) is 0 Å². The molecule has 2 aromatic carbocycles. The Bertz CT molecular complexity index is 622. The molecule has 5 rings (SSSR count). The van der Waals surface area contributed by atoms with Crippen LogP contribution >= 0.6 is 0 Å². The van der Waals surface area contributed by atoms with Crippen molar-refractivity contribution in [2.75, 3.05) is 4.90 Å². The minimum absolute atomic E-state index is 0.732. The predicted octanol–water partition coefficient (Wildman–Crippen LogP) is 6.41. The molecule has 0 bridgehead atoms. The summed E-state index contributed by atoms with van der Waals surface area (Å²) in [7, 11) is 0. The molecule has 3 aliphatic rings. The van der Waals surface area contributed by atoms with Gasteiger partial charge in [-0.3, -0.25) is 0 Å². The summed E-state index contributed by atoms with van der Waals surface area (Å²) < 4.78 is 0. The lowest BCUT2D eigenvalue weighted by atomic mass is 9.59. The normalized spacial score (nSPS) is 34.0. The van der Waals surface area contributed by atoms with E-state index in [1.54, 1.807) is 5.56 Å². The van der Waals surface area contributed by atoms with Gasteiger partial charge in [-0.05, 0) is 61.1 Å². The van der Waals surface area contributed by atoms with Crippen molar-refractivity contribution < 1.29 is 0 Å². The number of hydrogen-bond donors (Lipinski definition) is 0. The van der Waals surface area contributed by atoms with Crippen LogP contribution in [0.25, 0.3) is 0 Å². The highest BCUT2D eigenvalue weighted by atomic mass is 15.2. The van der Waals surface area contributed by atoms with E-state index in [4.69, 9.17) is 0 Å². The first kappa shape index (κ1) is 16.4. The molecule has 0 aromatic heterocycles. The topological polar surface area (TPSA) is 3.24 Å². The van der Waals surface area contributed by atoms with Crippen LogP contribution in [0.5, 0.6) is 0 Å². The number of anilines is 1. The number of benzene rings is 2. The van der Waals surface area contributed by atoms with Crippen LogP contribution in [0.3, 0.4) is 0 Å². The van der Waals surface area contributed by atoms with Gasteiger partial charge >= 0.3 is 0 Å². The molecule has 2 saturated carbocycles. The number of hydrogen-bond acceptors (Lipinski definition) is 1. The predicted molar refractivity (Wildman–Crippen MR) is 110 cm³/mol. The second kappa shape index (κ2) is 7.10. The van der Waals surface area contributed by atoms with Crippen molar-refractivity contribution in [1.82, 2.24) is 0 Å². The summed E-state index contributed by atoms with van der Waals surface area (Å²) in [6, 6.07) is 24.3. The fourth-order valence-electron chi connectivity index (χ4n) is 6.52. The maximum atomic E-state index is 2.90. The van der Waals surface area contributed by atoms with E-state index >= 15 is 0 Å². The molecule has 1 saturated heterocycles. The van der Waals surface area contributed by atoms with Gasteiger partial charge in [0, 0.05) is 17.8 Å². The zero-order valence-corrected chi connectivity index (χ0v) is 15.8. The van der Waals surface area contributed by atoms with E-state index in [2.05, 4.69) is 65.6 Å². The first-order valence-electron chi connectivity index (χ1n) is 10.8. The quantitative estimate of drug-likeness (QED) is 0.608. The van der Waals surface area contributed by atoms with E-state index in [0.717, 1.165) is 29.8 Å². The van der Waals surface area contributed by atoms with Crippen LogP contribution in [0.1, 0.15) is 62.8 Å². The largest absolute Gasteiger partial charge is 0.365 e. The molecule has 3 fully saturated rings. The summed E-state index contributed by atoms with van der Waals surface area (Å²) in [4.78, 5) is 2.90. The van der Waals surface area contributed by atoms with Gasteiger partial charge in [-0.15, -0.1) is 0 Å². The Kier molecular flexibility index (Phi) is 4.48. The smallest absolute Gasteiger partial charge is 0.0371 e. The number of nitrogens with zero attached hydrogens (tertiary/aromatic N) is 1. The van der Waals surface area contributed by atoms with Gasteiger partial charge in [0.25, 0.3) is 0 Å². The number of rotatable bonds is 2. The summed E-state index contributed by atoms with van der Waals surface area (Å²) in [6.07, 6.45) is 11.2. The summed E-state index contributed by atoms with van der Waals surface area (Å²) in [5, 5.41) is 0. The van der Waals surface area contributed by atoms with Gasteiger partial charge in [0.1, 0.15) is 0 Å². The number of para-hydroxylation sites is 1. The van der Waals surface area contributed by atoms with Crippen molar-refractivity contribution in [3.8, 4) is 0 Å². The van der Waals surface area contributed by atoms with Crippen molar-refractivity contribution >= 4 is 5.69 Å². The first-order chi connectivity index (χ1) is 12.9. The molecule has 2 aromatic rings. The number of fused-ring (bicyclic) bond motifs is 2. The van der Waals surface area contributed by atoms with E-state index in [1.807, 2.05) is 0 Å². The Morgan fingerprint density at radius 3 is 1.65 bits per heavy atom. The third-order valence-corrected chi connectivity index (χ3v) is 7.44. The van der Waals surface area contributed by atoms with Crippen LogP contribution in [-0.2, 0) is 0 Å². The van der Waals surface area contributed by atoms with Gasteiger partial charge in [0.15, 0.2) is 0 Å². The van der Waals surface area contributed by atoms with Crippen LogP contribution < -0.4 is 4.90 Å². The second-order valence-electron chi connectivity index (χ2n) is 8.71. The highest BCUT2D eigenvalue weighted by Crippen LogP contribution is 2.53. The Balaban J connectivity index is 1.59. The third-order valence-electron chi connectivity index (χ3n) is 7.44. The molecule has 1 heterocycles. The van der Waals surface area contributed by atoms with E-state index in [0.29, 0.717) is 0 Å². The van der Waals surface area contributed by atoms with Crippen LogP contribution in [0.4, 0.5) is 5.69 Å². The van der Waals surface area contributed by atoms with Crippen LogP contribution in [0, 0.1) is 11.8 Å². The van der Waals surface area contributed by atoms with Crippen LogP contribution in [0.2, 0.25) is 0 Å². The molecule has 1 heteroatoms. The minimum Gasteiger partial charge on any atom is -0.365 e. The Morgan fingerprint density at radius 1 is 0.577 bits per heavy atom. The van der Waals surface area contributed by atoms with Crippen molar-refractivity contribution in [2.45, 2.75) is 69.4 Å². The molecule has 1 nitrogen and oxygen atoms in total. The fraction of sp³-hybridized carbons (Fsp3) is 0.520. The van der Waals surface area contributed by atoms with Gasteiger partial charge in [-0.1, -0.05) is 74.2 Å². The molecule has 0 amide bonds. The van der Waals surface area contributed by atoms with Crippen molar-refractivity contribution in [3.05, 3.63) is 66.2 Å². The van der Waals surface area contributed by atoms with Crippen molar-refractivity contribution in [2.24, 2.45) is 11.8 Å². The van der Waals surface area contributed by atoms with Crippen molar-refractivity contribution in [1.29, 1.82) is 0 Å². The van der Waals surface area contributed by atoms with Gasteiger partial charge in [0.05, 0.1) is 0 Å². The van der Waals surface area contributed by atoms with E-state index < -0.39 is 0 Å². The standard InChI is InChI=1S/C25H31N/c1-3-11-19(12-4-1)25-21-15-7-9-17-23(21)26(20-13-5-2-6-14-20)24-18-10-8-16-22(24)25/h1-6,11-14,21-25H,7-10,15-18H2/t21-,22-,23-,24+,25?/m0/s1. The Morgan fingerprint density at radius 2 is 1.08 bits per heavy atom. The van der Waals surface area contributed by atoms with E-state index in [-0.39, 0.29) is 0 Å². The summed E-state index contributed by atoms with van der Waals surface area (Å²) in [5.74, 6) is 2.42. The second-order valence-corrected chi connectivity index (χ2v) is 8.71. The summed E-state index contributed by atoms with van der Waals surface area (Å²) in [6.45, 7) is 0. The molecule has 0 radical (unpaired) electrons. The molecular formula is C25H31N. The third kappa shape index (κ3) is 2.76. The molecule has 0 N–H and O–H groups in total. The molecule has 136 valence electrons. The van der Waals surface area contributed by atoms with Gasteiger partial charge in [0.2, 0.25) is 0 Å². The highest BCUT2D eigenvalue weighted by molar-refractivity contribution is 5.50. The SMILES string of the molecule is c1ccc(C2[C@H]3CCCC[C@H]3N(c3ccccc3)[C@H]3CCCC[C@H]23)cc1. The zero-order chi connectivity index (χ0) is 17.3. The van der Waals surface area contributed by atoms with Crippen LogP contribution in [0.15, 0.2) is 60.7 Å². The molecule has 2 aliphatic carbocycles. The van der Waals surface area contributed by atoms with Crippen LogP contribution in [-0.4, -0.2) is 12.1 Å². The van der Waals surface area contributed by atoms with Gasteiger partial charge < -0.3 is 4.90 Å². The lowest BCUT2D eigenvalue weighted by Gasteiger charge is -2.58. The molecule has 26 heavy (non-hydrogen) atoms. The molecular weight excluding hydrogens is 314 g/mol. The lowest BCUT2D eigenvalue weighted by molar-refractivity contribution is 0.0984. The number of piperidine rings is 1. The van der Waals surface area contributed by atoms with Gasteiger partial charge in [-0.25, -0.2) is 0 Å². The van der Waals surface area contributed by atoms with E-state index in [9.17, 15) is 0 Å². The average molecular weight is 346 g/mol. The highest BCUT2D eigenvalue weighted by Gasteiger charge is 2.50. The maximum absolute atomic E-state index is 2.90. The molecule has 1 aliphatic heterocycles. The molecule has 1 unspecified atom stereocenters. The average Bonchev–Trinajstić information content (AvgIpc) is 2.73. The maximum Gasteiger partial charge on any atom is 0.0371 e. The minimum atomic E-state index is 0.732. The Hall–Kier alpha value is -1.76. The summed E-state index contributed by atoms with van der Waals surface area (Å²) in [5.41, 5.74) is 3.10. The zero-order valence-electron chi connectivity index (χ0n) is 15.8. The monoisotopic (exact) mass is 345 g/mol. The lowest BCUT2D eigenvalue weighted by Crippen LogP contribution is -2.60. The molecule has 0 spiro atoms. The Labute approximate surface area is 158 Å². The first-order valence-corrected chi connectivity index (χ1v) is 10.8. The van der Waals surface area contributed by atoms with Crippen molar-refractivity contribution in [3.63, 3.8) is 0 Å². The molecule has 5 atom stereocenters. The fourth-order valence-corrected chi connectivity index (χ4v) is 6.52. The summed E-state index contributed by atoms with van der Waals surface area (Å²) >= 11 is 0. The van der Waals surface area contributed by atoms with E-state index in [1.165, 1.54) is 57.1 Å².